The summed E-state index contributed by atoms with van der Waals surface area (Å²) in [6.07, 6.45) is 21.8. The number of hydrogen-bond acceptors (Lipinski definition) is 0. The van der Waals surface area contributed by atoms with Gasteiger partial charge in [-0.15, -0.1) is 9.24 Å². The van der Waals surface area contributed by atoms with E-state index < -0.39 is 0 Å². The van der Waals surface area contributed by atoms with E-state index in [0.717, 1.165) is 17.8 Å². The second-order valence-electron chi connectivity index (χ2n) is 9.08. The maximum atomic E-state index is 3.12. The van der Waals surface area contributed by atoms with Crippen LogP contribution in [0.3, 0.4) is 0 Å². The first-order valence-electron chi connectivity index (χ1n) is 11.3. The lowest BCUT2D eigenvalue weighted by Crippen LogP contribution is -2.22. The first-order valence-corrected chi connectivity index (χ1v) is 11.8. The molecule has 0 N–H and O–H groups in total. The highest BCUT2D eigenvalue weighted by Crippen LogP contribution is 2.46. The van der Waals surface area contributed by atoms with Crippen LogP contribution in [0.25, 0.3) is 0 Å². The fourth-order valence-electron chi connectivity index (χ4n) is 6.13. The molecule has 3 aliphatic rings. The van der Waals surface area contributed by atoms with Crippen LogP contribution < -0.4 is 5.30 Å². The van der Waals surface area contributed by atoms with Crippen molar-refractivity contribution in [1.82, 2.24) is 0 Å². The minimum atomic E-state index is 0.849. The van der Waals surface area contributed by atoms with Crippen molar-refractivity contribution >= 4 is 14.5 Å². The van der Waals surface area contributed by atoms with Gasteiger partial charge < -0.3 is 0 Å². The van der Waals surface area contributed by atoms with Gasteiger partial charge in [0.15, 0.2) is 0 Å². The third-order valence-electron chi connectivity index (χ3n) is 7.43. The highest BCUT2D eigenvalue weighted by Gasteiger charge is 2.30. The van der Waals surface area contributed by atoms with Gasteiger partial charge in [0.2, 0.25) is 0 Å². The Hall–Kier alpha value is -0.350. The molecule has 1 aromatic rings. The molecular weight excluding hydrogens is 319 g/mol. The standard InChI is InChI=1S/C24H37P/c25-22-17-16-21(18-10-4-1-5-11-18)23(19-12-6-2-7-13-19)24(22)20-14-8-3-9-15-20/h16-20H,1-15,25H2. The van der Waals surface area contributed by atoms with Crippen LogP contribution in [0.15, 0.2) is 12.1 Å². The van der Waals surface area contributed by atoms with Gasteiger partial charge in [-0.05, 0) is 78.3 Å². The van der Waals surface area contributed by atoms with E-state index in [1.807, 2.05) is 5.56 Å². The fourth-order valence-corrected chi connectivity index (χ4v) is 6.62. The van der Waals surface area contributed by atoms with Gasteiger partial charge in [-0.25, -0.2) is 0 Å². The predicted molar refractivity (Wildman–Crippen MR) is 113 cm³/mol. The van der Waals surface area contributed by atoms with Gasteiger partial charge in [-0.1, -0.05) is 69.9 Å². The minimum absolute atomic E-state index is 0.849. The molecule has 1 unspecified atom stereocenters. The van der Waals surface area contributed by atoms with Crippen LogP contribution in [0.2, 0.25) is 0 Å². The number of hydrogen-bond donors (Lipinski definition) is 0. The third-order valence-corrected chi connectivity index (χ3v) is 7.93. The summed E-state index contributed by atoms with van der Waals surface area (Å²) >= 11 is 0. The average Bonchev–Trinajstić information content (AvgIpc) is 2.70. The summed E-state index contributed by atoms with van der Waals surface area (Å²) in [5.74, 6) is 2.57. The zero-order valence-electron chi connectivity index (χ0n) is 16.1. The largest absolute Gasteiger partial charge is 0.105 e. The van der Waals surface area contributed by atoms with E-state index in [1.165, 1.54) is 102 Å². The first kappa shape index (κ1) is 18.0. The minimum Gasteiger partial charge on any atom is -0.105 e. The van der Waals surface area contributed by atoms with Crippen LogP contribution in [-0.4, -0.2) is 0 Å². The quantitative estimate of drug-likeness (QED) is 0.497. The molecule has 0 amide bonds. The number of benzene rings is 1. The Morgan fingerprint density at radius 3 is 1.48 bits per heavy atom. The summed E-state index contributed by atoms with van der Waals surface area (Å²) in [7, 11) is 3.12. The van der Waals surface area contributed by atoms with Crippen LogP contribution in [0.1, 0.15) is 131 Å². The second kappa shape index (κ2) is 8.56. The Labute approximate surface area is 157 Å². The van der Waals surface area contributed by atoms with Crippen molar-refractivity contribution in [2.75, 3.05) is 0 Å². The topological polar surface area (TPSA) is 0 Å². The SMILES string of the molecule is Pc1ccc(C2CCCCC2)c(C2CCCCC2)c1C1CCCCC1. The fraction of sp³-hybridized carbons (Fsp3) is 0.750. The van der Waals surface area contributed by atoms with Crippen LogP contribution in [-0.2, 0) is 0 Å². The molecule has 1 aromatic carbocycles. The molecule has 0 aliphatic heterocycles. The zero-order chi connectivity index (χ0) is 17.1. The van der Waals surface area contributed by atoms with Crippen molar-refractivity contribution in [3.8, 4) is 0 Å². The lowest BCUT2D eigenvalue weighted by Gasteiger charge is -2.35. The van der Waals surface area contributed by atoms with Crippen molar-refractivity contribution in [3.05, 3.63) is 28.8 Å². The molecule has 3 aliphatic carbocycles. The van der Waals surface area contributed by atoms with Crippen LogP contribution in [0.4, 0.5) is 0 Å². The summed E-state index contributed by atoms with van der Waals surface area (Å²) in [4.78, 5) is 0. The van der Waals surface area contributed by atoms with Crippen LogP contribution in [0, 0.1) is 0 Å². The molecule has 0 heterocycles. The molecule has 138 valence electrons. The summed E-state index contributed by atoms with van der Waals surface area (Å²) in [6, 6.07) is 5.01. The van der Waals surface area contributed by atoms with Crippen molar-refractivity contribution in [3.63, 3.8) is 0 Å². The van der Waals surface area contributed by atoms with E-state index in [2.05, 4.69) is 21.4 Å². The highest BCUT2D eigenvalue weighted by atomic mass is 31.0. The molecule has 3 saturated carbocycles. The molecule has 0 nitrogen and oxygen atoms in total. The zero-order valence-corrected chi connectivity index (χ0v) is 17.2. The predicted octanol–water partition coefficient (Wildman–Crippen LogP) is 7.33. The molecule has 1 heteroatoms. The molecule has 0 aromatic heterocycles. The third kappa shape index (κ3) is 4.00. The van der Waals surface area contributed by atoms with Crippen molar-refractivity contribution < 1.29 is 0 Å². The lowest BCUT2D eigenvalue weighted by molar-refractivity contribution is 0.405. The van der Waals surface area contributed by atoms with Gasteiger partial charge in [-0.2, -0.15) is 0 Å². The van der Waals surface area contributed by atoms with Crippen LogP contribution in [0.5, 0.6) is 0 Å². The summed E-state index contributed by atoms with van der Waals surface area (Å²) < 4.78 is 0. The normalized spacial score (nSPS) is 24.5. The van der Waals surface area contributed by atoms with Gasteiger partial charge in [0.1, 0.15) is 0 Å². The van der Waals surface area contributed by atoms with Crippen molar-refractivity contribution in [2.45, 2.75) is 114 Å². The van der Waals surface area contributed by atoms with Gasteiger partial charge in [0.05, 0.1) is 0 Å². The Morgan fingerprint density at radius 1 is 0.520 bits per heavy atom. The van der Waals surface area contributed by atoms with Gasteiger partial charge >= 0.3 is 0 Å². The molecule has 4 rings (SSSR count). The first-order chi connectivity index (χ1) is 12.3. The number of rotatable bonds is 3. The average molecular weight is 357 g/mol. The van der Waals surface area contributed by atoms with Crippen LogP contribution >= 0.6 is 9.24 Å². The lowest BCUT2D eigenvalue weighted by atomic mass is 9.71. The van der Waals surface area contributed by atoms with E-state index in [0.29, 0.717) is 0 Å². The highest BCUT2D eigenvalue weighted by molar-refractivity contribution is 7.27. The van der Waals surface area contributed by atoms with E-state index in [4.69, 9.17) is 0 Å². The van der Waals surface area contributed by atoms with E-state index in [9.17, 15) is 0 Å². The molecule has 0 bridgehead atoms. The Morgan fingerprint density at radius 2 is 0.960 bits per heavy atom. The smallest absolute Gasteiger partial charge is 0.0153 e. The van der Waals surface area contributed by atoms with Crippen molar-refractivity contribution in [2.24, 2.45) is 0 Å². The summed E-state index contributed by atoms with van der Waals surface area (Å²) in [5.41, 5.74) is 5.46. The summed E-state index contributed by atoms with van der Waals surface area (Å²) in [6.45, 7) is 0. The Balaban J connectivity index is 1.76. The van der Waals surface area contributed by atoms with E-state index in [-0.39, 0.29) is 0 Å². The molecule has 0 spiro atoms. The molecule has 0 radical (unpaired) electrons. The van der Waals surface area contributed by atoms with Gasteiger partial charge in [0.25, 0.3) is 0 Å². The molecule has 0 saturated heterocycles. The van der Waals surface area contributed by atoms with E-state index in [1.54, 1.807) is 11.1 Å². The van der Waals surface area contributed by atoms with Crippen molar-refractivity contribution in [1.29, 1.82) is 0 Å². The molecule has 25 heavy (non-hydrogen) atoms. The maximum Gasteiger partial charge on any atom is -0.0153 e. The van der Waals surface area contributed by atoms with Gasteiger partial charge in [0, 0.05) is 0 Å². The second-order valence-corrected chi connectivity index (χ2v) is 9.70. The molecular formula is C24H37P. The molecule has 1 atom stereocenters. The van der Waals surface area contributed by atoms with Gasteiger partial charge in [-0.3, -0.25) is 0 Å². The maximum absolute atomic E-state index is 3.12. The Kier molecular flexibility index (Phi) is 6.17. The monoisotopic (exact) mass is 356 g/mol. The Bertz CT molecular complexity index is 558. The molecule has 3 fully saturated rings. The van der Waals surface area contributed by atoms with E-state index >= 15 is 0 Å². The summed E-state index contributed by atoms with van der Waals surface area (Å²) in [5, 5.41) is 1.53.